The molecule has 1 aliphatic carbocycles. The fraction of sp³-hybridized carbons (Fsp3) is 0.900. The monoisotopic (exact) mass is 186 g/mol. The molecule has 1 nitrogen and oxygen atoms in total. The number of carbonyl (C=O) groups is 1. The van der Waals surface area contributed by atoms with E-state index in [1.807, 2.05) is 6.26 Å². The van der Waals surface area contributed by atoms with Crippen molar-refractivity contribution in [2.45, 2.75) is 38.5 Å². The molecular formula is C10H18OS. The summed E-state index contributed by atoms with van der Waals surface area (Å²) in [7, 11) is 0. The maximum atomic E-state index is 11.3. The molecule has 0 unspecified atom stereocenters. The van der Waals surface area contributed by atoms with Crippen molar-refractivity contribution in [1.29, 1.82) is 0 Å². The average Bonchev–Trinajstić information content (AvgIpc) is 2.06. The molecule has 1 aliphatic rings. The Labute approximate surface area is 79.3 Å². The van der Waals surface area contributed by atoms with Gasteiger partial charge in [-0.1, -0.05) is 32.1 Å². The molecule has 0 radical (unpaired) electrons. The van der Waals surface area contributed by atoms with Crippen molar-refractivity contribution in [2.24, 2.45) is 5.92 Å². The van der Waals surface area contributed by atoms with Gasteiger partial charge in [0.2, 0.25) is 0 Å². The molecular weight excluding hydrogens is 168 g/mol. The minimum atomic E-state index is 0.453. The summed E-state index contributed by atoms with van der Waals surface area (Å²) in [6.07, 6.45) is 9.50. The van der Waals surface area contributed by atoms with E-state index in [2.05, 4.69) is 0 Å². The van der Waals surface area contributed by atoms with E-state index < -0.39 is 0 Å². The molecule has 0 aromatic carbocycles. The number of thioether (sulfide) groups is 1. The number of rotatable bonds is 4. The largest absolute Gasteiger partial charge is 0.299 e. The van der Waals surface area contributed by atoms with Crippen molar-refractivity contribution in [3.8, 4) is 0 Å². The van der Waals surface area contributed by atoms with Crippen LogP contribution in [0.1, 0.15) is 38.5 Å². The van der Waals surface area contributed by atoms with Crippen LogP contribution < -0.4 is 0 Å². The fourth-order valence-electron chi connectivity index (χ4n) is 1.93. The Hall–Kier alpha value is 0.0200. The van der Waals surface area contributed by atoms with Crippen LogP contribution in [0.25, 0.3) is 0 Å². The lowest BCUT2D eigenvalue weighted by Crippen LogP contribution is -2.13. The van der Waals surface area contributed by atoms with E-state index in [9.17, 15) is 4.79 Å². The summed E-state index contributed by atoms with van der Waals surface area (Å²) in [5.74, 6) is 1.89. The first-order chi connectivity index (χ1) is 5.83. The summed E-state index contributed by atoms with van der Waals surface area (Å²) in [6, 6.07) is 0. The first-order valence-corrected chi connectivity index (χ1v) is 6.23. The molecule has 0 spiro atoms. The van der Waals surface area contributed by atoms with E-state index in [-0.39, 0.29) is 0 Å². The maximum absolute atomic E-state index is 11.3. The Balaban J connectivity index is 2.15. The molecule has 1 saturated carbocycles. The zero-order valence-electron chi connectivity index (χ0n) is 7.84. The van der Waals surface area contributed by atoms with Gasteiger partial charge in [0.15, 0.2) is 0 Å². The van der Waals surface area contributed by atoms with Gasteiger partial charge in [-0.3, -0.25) is 4.79 Å². The van der Waals surface area contributed by atoms with Gasteiger partial charge in [-0.05, 0) is 12.2 Å². The van der Waals surface area contributed by atoms with Crippen LogP contribution >= 0.6 is 11.8 Å². The third-order valence-corrected chi connectivity index (χ3v) is 3.16. The molecule has 0 N–H and O–H groups in total. The summed E-state index contributed by atoms with van der Waals surface area (Å²) in [5, 5.41) is 0. The molecule has 0 heterocycles. The van der Waals surface area contributed by atoms with Crippen LogP contribution in [-0.2, 0) is 4.79 Å². The topological polar surface area (TPSA) is 17.1 Å². The average molecular weight is 186 g/mol. The van der Waals surface area contributed by atoms with E-state index in [0.29, 0.717) is 5.78 Å². The normalized spacial score (nSPS) is 19.4. The van der Waals surface area contributed by atoms with Gasteiger partial charge in [-0.2, -0.15) is 11.8 Å². The van der Waals surface area contributed by atoms with Crippen LogP contribution in [0.5, 0.6) is 0 Å². The highest BCUT2D eigenvalue weighted by Crippen LogP contribution is 2.26. The van der Waals surface area contributed by atoms with Crippen molar-refractivity contribution >= 4 is 17.5 Å². The Morgan fingerprint density at radius 1 is 1.33 bits per heavy atom. The Bertz CT molecular complexity index is 139. The molecule has 0 aromatic rings. The highest BCUT2D eigenvalue weighted by atomic mass is 32.2. The maximum Gasteiger partial charge on any atom is 0.143 e. The van der Waals surface area contributed by atoms with Crippen LogP contribution in [0.4, 0.5) is 0 Å². The molecule has 0 bridgehead atoms. The SMILES string of the molecule is CSCC(=O)CC1CCCCC1. The molecule has 12 heavy (non-hydrogen) atoms. The predicted molar refractivity (Wildman–Crippen MR) is 54.6 cm³/mol. The lowest BCUT2D eigenvalue weighted by Gasteiger charge is -2.20. The standard InChI is InChI=1S/C10H18OS/c1-12-8-10(11)7-9-5-3-2-4-6-9/h9H,2-8H2,1H3. The van der Waals surface area contributed by atoms with Gasteiger partial charge in [0.1, 0.15) is 5.78 Å². The van der Waals surface area contributed by atoms with Gasteiger partial charge < -0.3 is 0 Å². The summed E-state index contributed by atoms with van der Waals surface area (Å²) >= 11 is 1.65. The lowest BCUT2D eigenvalue weighted by molar-refractivity contribution is -0.117. The van der Waals surface area contributed by atoms with Crippen molar-refractivity contribution in [3.63, 3.8) is 0 Å². The zero-order valence-corrected chi connectivity index (χ0v) is 8.66. The second kappa shape index (κ2) is 5.63. The number of Topliss-reactive ketones (excluding diaryl/α,β-unsaturated/α-hetero) is 1. The van der Waals surface area contributed by atoms with Crippen LogP contribution in [0, 0.1) is 5.92 Å². The first kappa shape index (κ1) is 10.1. The van der Waals surface area contributed by atoms with E-state index in [4.69, 9.17) is 0 Å². The van der Waals surface area contributed by atoms with Gasteiger partial charge in [-0.15, -0.1) is 0 Å². The lowest BCUT2D eigenvalue weighted by atomic mass is 9.86. The Kier molecular flexibility index (Phi) is 4.74. The Morgan fingerprint density at radius 2 is 2.00 bits per heavy atom. The second-order valence-corrected chi connectivity index (χ2v) is 4.55. The summed E-state index contributed by atoms with van der Waals surface area (Å²) in [5.41, 5.74) is 0. The van der Waals surface area contributed by atoms with Gasteiger partial charge in [-0.25, -0.2) is 0 Å². The van der Waals surface area contributed by atoms with E-state index in [1.54, 1.807) is 11.8 Å². The minimum absolute atomic E-state index is 0.453. The highest BCUT2D eigenvalue weighted by Gasteiger charge is 2.16. The van der Waals surface area contributed by atoms with Crippen molar-refractivity contribution in [2.75, 3.05) is 12.0 Å². The molecule has 1 rings (SSSR count). The quantitative estimate of drug-likeness (QED) is 0.671. The molecule has 0 atom stereocenters. The molecule has 70 valence electrons. The number of ketones is 1. The molecule has 1 fully saturated rings. The van der Waals surface area contributed by atoms with Crippen LogP contribution in [0.3, 0.4) is 0 Å². The van der Waals surface area contributed by atoms with Gasteiger partial charge in [0, 0.05) is 6.42 Å². The van der Waals surface area contributed by atoms with E-state index in [0.717, 1.165) is 18.1 Å². The summed E-state index contributed by atoms with van der Waals surface area (Å²) in [4.78, 5) is 11.3. The van der Waals surface area contributed by atoms with Gasteiger partial charge >= 0.3 is 0 Å². The third kappa shape index (κ3) is 3.61. The van der Waals surface area contributed by atoms with Crippen molar-refractivity contribution < 1.29 is 4.79 Å². The number of hydrogen-bond donors (Lipinski definition) is 0. The van der Waals surface area contributed by atoms with Crippen molar-refractivity contribution in [1.82, 2.24) is 0 Å². The number of hydrogen-bond acceptors (Lipinski definition) is 2. The van der Waals surface area contributed by atoms with Crippen LogP contribution in [0.2, 0.25) is 0 Å². The third-order valence-electron chi connectivity index (χ3n) is 2.55. The number of carbonyl (C=O) groups excluding carboxylic acids is 1. The first-order valence-electron chi connectivity index (χ1n) is 4.83. The molecule has 0 amide bonds. The molecule has 0 aliphatic heterocycles. The fourth-order valence-corrected chi connectivity index (χ4v) is 2.37. The van der Waals surface area contributed by atoms with E-state index in [1.165, 1.54) is 32.1 Å². The van der Waals surface area contributed by atoms with Gasteiger partial charge in [0.05, 0.1) is 5.75 Å². The Morgan fingerprint density at radius 3 is 2.58 bits per heavy atom. The highest BCUT2D eigenvalue weighted by molar-refractivity contribution is 7.99. The second-order valence-electron chi connectivity index (χ2n) is 3.68. The van der Waals surface area contributed by atoms with Gasteiger partial charge in [0.25, 0.3) is 0 Å². The smallest absolute Gasteiger partial charge is 0.143 e. The molecule has 0 saturated heterocycles. The summed E-state index contributed by atoms with van der Waals surface area (Å²) in [6.45, 7) is 0. The minimum Gasteiger partial charge on any atom is -0.299 e. The van der Waals surface area contributed by atoms with Crippen LogP contribution in [0.15, 0.2) is 0 Å². The summed E-state index contributed by atoms with van der Waals surface area (Å²) < 4.78 is 0. The molecule has 0 aromatic heterocycles. The van der Waals surface area contributed by atoms with Crippen LogP contribution in [-0.4, -0.2) is 17.8 Å². The van der Waals surface area contributed by atoms with Crippen molar-refractivity contribution in [3.05, 3.63) is 0 Å². The molecule has 2 heteroatoms. The zero-order chi connectivity index (χ0) is 8.81. The van der Waals surface area contributed by atoms with E-state index >= 15 is 0 Å². The predicted octanol–water partition coefficient (Wildman–Crippen LogP) is 2.89.